The van der Waals surface area contributed by atoms with Gasteiger partial charge in [0.05, 0.1) is 25.7 Å². The Morgan fingerprint density at radius 1 is 1.23 bits per heavy atom. The highest BCUT2D eigenvalue weighted by Crippen LogP contribution is 2.33. The fraction of sp³-hybridized carbons (Fsp3) is 0.500. The zero-order valence-corrected chi connectivity index (χ0v) is 13.0. The number of ether oxygens (including phenoxy) is 2. The number of rotatable bonds is 4. The van der Waals surface area contributed by atoms with Crippen LogP contribution in [-0.4, -0.2) is 49.2 Å². The lowest BCUT2D eigenvalue weighted by molar-refractivity contribution is -0.143. The highest BCUT2D eigenvalue weighted by molar-refractivity contribution is 5.98. The molecule has 1 aliphatic rings. The van der Waals surface area contributed by atoms with Crippen molar-refractivity contribution in [2.45, 2.75) is 13.3 Å². The number of carbonyl (C=O) groups excluding carboxylic acids is 1. The fourth-order valence-corrected chi connectivity index (χ4v) is 2.92. The monoisotopic (exact) mass is 307 g/mol. The van der Waals surface area contributed by atoms with Crippen LogP contribution in [0.3, 0.4) is 0 Å². The second-order valence-corrected chi connectivity index (χ2v) is 5.63. The van der Waals surface area contributed by atoms with Gasteiger partial charge < -0.3 is 19.5 Å². The molecule has 120 valence electrons. The minimum absolute atomic E-state index is 0.149. The van der Waals surface area contributed by atoms with Gasteiger partial charge >= 0.3 is 5.97 Å². The maximum absolute atomic E-state index is 12.8. The van der Waals surface area contributed by atoms with Crippen molar-refractivity contribution in [1.29, 1.82) is 0 Å². The summed E-state index contributed by atoms with van der Waals surface area (Å²) in [6, 6.07) is 5.10. The number of likely N-dealkylation sites (tertiary alicyclic amines) is 1. The topological polar surface area (TPSA) is 76.1 Å². The number of piperidine rings is 1. The lowest BCUT2D eigenvalue weighted by Crippen LogP contribution is -2.45. The Morgan fingerprint density at radius 2 is 1.95 bits per heavy atom. The van der Waals surface area contributed by atoms with Gasteiger partial charge in [0.15, 0.2) is 11.5 Å². The van der Waals surface area contributed by atoms with Crippen molar-refractivity contribution in [3.63, 3.8) is 0 Å². The molecule has 1 N–H and O–H groups in total. The molecule has 1 saturated heterocycles. The molecule has 1 aromatic carbocycles. The number of nitrogens with zero attached hydrogens (tertiary/aromatic N) is 1. The van der Waals surface area contributed by atoms with Gasteiger partial charge in [-0.3, -0.25) is 9.59 Å². The van der Waals surface area contributed by atoms with Gasteiger partial charge in [-0.15, -0.1) is 0 Å². The Morgan fingerprint density at radius 3 is 2.55 bits per heavy atom. The molecule has 0 aromatic heterocycles. The summed E-state index contributed by atoms with van der Waals surface area (Å²) in [5, 5.41) is 9.23. The lowest BCUT2D eigenvalue weighted by Gasteiger charge is -2.35. The van der Waals surface area contributed by atoms with E-state index in [1.165, 1.54) is 14.2 Å². The summed E-state index contributed by atoms with van der Waals surface area (Å²) < 4.78 is 10.5. The number of aliphatic carboxylic acids is 1. The second-order valence-electron chi connectivity index (χ2n) is 5.63. The summed E-state index contributed by atoms with van der Waals surface area (Å²) in [4.78, 5) is 25.6. The number of methoxy groups -OCH3 is 2. The molecule has 0 bridgehead atoms. The molecule has 2 unspecified atom stereocenters. The Labute approximate surface area is 129 Å². The molecule has 1 heterocycles. The molecule has 2 atom stereocenters. The van der Waals surface area contributed by atoms with E-state index in [4.69, 9.17) is 9.47 Å². The van der Waals surface area contributed by atoms with Gasteiger partial charge in [-0.1, -0.05) is 13.0 Å². The number of amides is 1. The summed E-state index contributed by atoms with van der Waals surface area (Å²) in [5.74, 6) is -0.608. The maximum atomic E-state index is 12.8. The molecule has 1 fully saturated rings. The number of carbonyl (C=O) groups is 2. The van der Waals surface area contributed by atoms with Crippen LogP contribution in [0.2, 0.25) is 0 Å². The summed E-state index contributed by atoms with van der Waals surface area (Å²) in [7, 11) is 2.99. The zero-order chi connectivity index (χ0) is 16.3. The van der Waals surface area contributed by atoms with E-state index in [-0.39, 0.29) is 18.4 Å². The summed E-state index contributed by atoms with van der Waals surface area (Å²) in [6.45, 7) is 2.72. The lowest BCUT2D eigenvalue weighted by atomic mass is 9.90. The molecule has 22 heavy (non-hydrogen) atoms. The van der Waals surface area contributed by atoms with Crippen LogP contribution in [0.4, 0.5) is 0 Å². The van der Waals surface area contributed by atoms with E-state index in [0.717, 1.165) is 0 Å². The molecule has 6 nitrogen and oxygen atoms in total. The van der Waals surface area contributed by atoms with Crippen molar-refractivity contribution in [3.8, 4) is 11.5 Å². The smallest absolute Gasteiger partial charge is 0.308 e. The molecule has 1 aromatic rings. The minimum Gasteiger partial charge on any atom is -0.493 e. The quantitative estimate of drug-likeness (QED) is 0.919. The summed E-state index contributed by atoms with van der Waals surface area (Å²) in [5.41, 5.74) is 0.389. The number of carboxylic acids is 1. The Balaban J connectivity index is 2.29. The molecule has 2 rings (SSSR count). The predicted molar refractivity (Wildman–Crippen MR) is 80.4 cm³/mol. The third kappa shape index (κ3) is 3.16. The third-order valence-corrected chi connectivity index (χ3v) is 3.93. The van der Waals surface area contributed by atoms with Crippen molar-refractivity contribution in [3.05, 3.63) is 23.8 Å². The molecular weight excluding hydrogens is 286 g/mol. The van der Waals surface area contributed by atoms with Crippen LogP contribution in [-0.2, 0) is 4.79 Å². The van der Waals surface area contributed by atoms with Crippen molar-refractivity contribution in [2.75, 3.05) is 27.3 Å². The van der Waals surface area contributed by atoms with Crippen molar-refractivity contribution in [1.82, 2.24) is 4.90 Å². The molecule has 0 aliphatic carbocycles. The average molecular weight is 307 g/mol. The normalized spacial score (nSPS) is 21.3. The summed E-state index contributed by atoms with van der Waals surface area (Å²) >= 11 is 0. The Kier molecular flexibility index (Phi) is 4.90. The van der Waals surface area contributed by atoms with Gasteiger partial charge in [-0.25, -0.2) is 0 Å². The highest BCUT2D eigenvalue weighted by Gasteiger charge is 2.33. The van der Waals surface area contributed by atoms with Crippen LogP contribution in [0.5, 0.6) is 11.5 Å². The van der Waals surface area contributed by atoms with Gasteiger partial charge in [0.1, 0.15) is 0 Å². The molecular formula is C16H21NO5. The predicted octanol–water partition coefficient (Wildman–Crippen LogP) is 1.89. The first-order valence-corrected chi connectivity index (χ1v) is 7.21. The van der Waals surface area contributed by atoms with Crippen LogP contribution in [0.25, 0.3) is 0 Å². The number of hydrogen-bond acceptors (Lipinski definition) is 4. The van der Waals surface area contributed by atoms with E-state index < -0.39 is 11.9 Å². The average Bonchev–Trinajstić information content (AvgIpc) is 2.52. The first-order chi connectivity index (χ1) is 10.5. The van der Waals surface area contributed by atoms with Crippen molar-refractivity contribution < 1.29 is 24.2 Å². The second kappa shape index (κ2) is 6.68. The first kappa shape index (κ1) is 16.1. The van der Waals surface area contributed by atoms with E-state index in [1.807, 2.05) is 6.92 Å². The van der Waals surface area contributed by atoms with Crippen molar-refractivity contribution >= 4 is 11.9 Å². The number of carboxylic acid groups (broad SMARTS) is 1. The summed E-state index contributed by atoms with van der Waals surface area (Å²) in [6.07, 6.45) is 0.592. The fourth-order valence-electron chi connectivity index (χ4n) is 2.92. The first-order valence-electron chi connectivity index (χ1n) is 7.21. The highest BCUT2D eigenvalue weighted by atomic mass is 16.5. The van der Waals surface area contributed by atoms with Crippen LogP contribution >= 0.6 is 0 Å². The van der Waals surface area contributed by atoms with E-state index >= 15 is 0 Å². The van der Waals surface area contributed by atoms with Gasteiger partial charge in [-0.05, 0) is 24.5 Å². The largest absolute Gasteiger partial charge is 0.493 e. The SMILES string of the molecule is COc1cccc(C(=O)N2CC(C)CC(C(=O)O)C2)c1OC. The standard InChI is InChI=1S/C16H21NO5/c1-10-7-11(16(19)20)9-17(8-10)15(18)12-5-4-6-13(21-2)14(12)22-3/h4-6,10-11H,7-9H2,1-3H3,(H,19,20). The molecule has 0 spiro atoms. The third-order valence-electron chi connectivity index (χ3n) is 3.93. The van der Waals surface area contributed by atoms with E-state index in [2.05, 4.69) is 0 Å². The minimum atomic E-state index is -0.859. The van der Waals surface area contributed by atoms with Crippen LogP contribution < -0.4 is 9.47 Å². The molecule has 0 saturated carbocycles. The van der Waals surface area contributed by atoms with Gasteiger partial charge in [0.2, 0.25) is 0 Å². The van der Waals surface area contributed by atoms with Crippen molar-refractivity contribution in [2.24, 2.45) is 11.8 Å². The number of benzene rings is 1. The van der Waals surface area contributed by atoms with Crippen LogP contribution in [0, 0.1) is 11.8 Å². The molecule has 1 aliphatic heterocycles. The van der Waals surface area contributed by atoms with Gasteiger partial charge in [0.25, 0.3) is 5.91 Å². The molecule has 0 radical (unpaired) electrons. The van der Waals surface area contributed by atoms with Gasteiger partial charge in [0, 0.05) is 13.1 Å². The number of para-hydroxylation sites is 1. The van der Waals surface area contributed by atoms with E-state index in [0.29, 0.717) is 30.0 Å². The molecule has 6 heteroatoms. The maximum Gasteiger partial charge on any atom is 0.308 e. The van der Waals surface area contributed by atoms with Gasteiger partial charge in [-0.2, -0.15) is 0 Å². The zero-order valence-electron chi connectivity index (χ0n) is 13.0. The Hall–Kier alpha value is -2.24. The van der Waals surface area contributed by atoms with E-state index in [9.17, 15) is 14.7 Å². The van der Waals surface area contributed by atoms with Crippen LogP contribution in [0.15, 0.2) is 18.2 Å². The number of hydrogen-bond donors (Lipinski definition) is 1. The van der Waals surface area contributed by atoms with Crippen LogP contribution in [0.1, 0.15) is 23.7 Å². The van der Waals surface area contributed by atoms with E-state index in [1.54, 1.807) is 23.1 Å². The molecule has 1 amide bonds. The Bertz CT molecular complexity index is 572.